The van der Waals surface area contributed by atoms with Crippen molar-refractivity contribution in [3.05, 3.63) is 0 Å². The molecule has 0 radical (unpaired) electrons. The zero-order valence-corrected chi connectivity index (χ0v) is 4.31. The van der Waals surface area contributed by atoms with Gasteiger partial charge >= 0.3 is 6.61 Å². The zero-order chi connectivity index (χ0) is 5.98. The Balaban J connectivity index is 2.01. The maximum absolute atomic E-state index is 11.2. The van der Waals surface area contributed by atoms with Crippen LogP contribution in [-0.4, -0.2) is 24.8 Å². The Morgan fingerprint density at radius 2 is 2.00 bits per heavy atom. The van der Waals surface area contributed by atoms with Gasteiger partial charge in [-0.3, -0.25) is 0 Å². The van der Waals surface area contributed by atoms with Gasteiger partial charge in [0.2, 0.25) is 0 Å². The van der Waals surface area contributed by atoms with Crippen molar-refractivity contribution >= 4 is 0 Å². The van der Waals surface area contributed by atoms with E-state index in [0.717, 1.165) is 6.42 Å². The van der Waals surface area contributed by atoms with E-state index in [1.54, 1.807) is 0 Å². The van der Waals surface area contributed by atoms with E-state index in [0.29, 0.717) is 13.1 Å². The van der Waals surface area contributed by atoms with E-state index in [4.69, 9.17) is 0 Å². The maximum Gasteiger partial charge on any atom is 0.360 e. The van der Waals surface area contributed by atoms with Gasteiger partial charge in [-0.1, -0.05) is 0 Å². The van der Waals surface area contributed by atoms with Gasteiger partial charge in [0, 0.05) is 13.1 Å². The van der Waals surface area contributed by atoms with E-state index < -0.39 is 6.61 Å². The summed E-state index contributed by atoms with van der Waals surface area (Å²) in [6.45, 7) is -1.36. The lowest BCUT2D eigenvalue weighted by atomic mass is 10.3. The number of halogens is 2. The number of hydrogen-bond donors (Lipinski definition) is 0. The Hall–Kier alpha value is -0.220. The molecule has 0 N–H and O–H groups in total. The molecule has 0 aromatic rings. The van der Waals surface area contributed by atoms with Crippen molar-refractivity contribution in [1.29, 1.82) is 0 Å². The summed E-state index contributed by atoms with van der Waals surface area (Å²) < 4.78 is 22.5. The molecule has 1 fully saturated rings. The van der Waals surface area contributed by atoms with Crippen LogP contribution < -0.4 is 0 Å². The smallest absolute Gasteiger partial charge is 0.232 e. The fourth-order valence-electron chi connectivity index (χ4n) is 0.505. The number of hydrogen-bond acceptors (Lipinski definition) is 2. The average molecular weight is 123 g/mol. The van der Waals surface area contributed by atoms with Gasteiger partial charge in [-0.05, 0) is 6.42 Å². The monoisotopic (exact) mass is 123 g/mol. The molecule has 1 heterocycles. The molecule has 1 rings (SSSR count). The summed E-state index contributed by atoms with van der Waals surface area (Å²) in [5, 5.41) is 1.25. The molecule has 4 heteroatoms. The third kappa shape index (κ3) is 1.38. The highest BCUT2D eigenvalue weighted by atomic mass is 19.3. The zero-order valence-electron chi connectivity index (χ0n) is 4.31. The third-order valence-corrected chi connectivity index (χ3v) is 1.04. The molecule has 0 atom stereocenters. The minimum absolute atomic E-state index is 0.643. The Kier molecular flexibility index (Phi) is 1.75. The van der Waals surface area contributed by atoms with Gasteiger partial charge in [0.15, 0.2) is 0 Å². The van der Waals surface area contributed by atoms with Crippen molar-refractivity contribution in [2.75, 3.05) is 13.1 Å². The van der Waals surface area contributed by atoms with Crippen LogP contribution in [0.2, 0.25) is 0 Å². The van der Waals surface area contributed by atoms with E-state index in [9.17, 15) is 8.78 Å². The Morgan fingerprint density at radius 1 is 1.38 bits per heavy atom. The molecule has 1 aliphatic rings. The second-order valence-corrected chi connectivity index (χ2v) is 1.65. The molecule has 0 unspecified atom stereocenters. The standard InChI is InChI=1S/C4H7F2NO/c5-4(6)8-7-2-1-3-7/h4H,1-3H2. The minimum atomic E-state index is -2.64. The first kappa shape index (κ1) is 5.91. The summed E-state index contributed by atoms with van der Waals surface area (Å²) in [4.78, 5) is 3.99. The lowest BCUT2D eigenvalue weighted by molar-refractivity contribution is -0.304. The van der Waals surface area contributed by atoms with Gasteiger partial charge in [0.25, 0.3) is 0 Å². The third-order valence-electron chi connectivity index (χ3n) is 1.04. The molecule has 0 aromatic heterocycles. The summed E-state index contributed by atoms with van der Waals surface area (Å²) in [7, 11) is 0. The summed E-state index contributed by atoms with van der Waals surface area (Å²) in [6, 6.07) is 0. The predicted molar refractivity (Wildman–Crippen MR) is 23.3 cm³/mol. The first-order chi connectivity index (χ1) is 3.79. The molecule has 0 bridgehead atoms. The van der Waals surface area contributed by atoms with Crippen LogP contribution in [0.4, 0.5) is 8.78 Å². The van der Waals surface area contributed by atoms with E-state index in [2.05, 4.69) is 4.84 Å². The Bertz CT molecular complexity index is 74.4. The quantitative estimate of drug-likeness (QED) is 0.539. The highest BCUT2D eigenvalue weighted by Crippen LogP contribution is 2.09. The van der Waals surface area contributed by atoms with Crippen LogP contribution in [0.15, 0.2) is 0 Å². The predicted octanol–water partition coefficient (Wildman–Crippen LogP) is 0.846. The highest BCUT2D eigenvalue weighted by Gasteiger charge is 2.18. The van der Waals surface area contributed by atoms with Crippen LogP contribution >= 0.6 is 0 Å². The van der Waals surface area contributed by atoms with Gasteiger partial charge in [-0.2, -0.15) is 13.8 Å². The normalized spacial score (nSPS) is 21.4. The number of hydroxylamine groups is 2. The first-order valence-electron chi connectivity index (χ1n) is 2.49. The van der Waals surface area contributed by atoms with E-state index >= 15 is 0 Å². The molecule has 0 spiro atoms. The molecule has 2 nitrogen and oxygen atoms in total. The van der Waals surface area contributed by atoms with Gasteiger partial charge in [-0.15, -0.1) is 0 Å². The average Bonchev–Trinajstić information content (AvgIpc) is 1.55. The number of nitrogens with zero attached hydrogens (tertiary/aromatic N) is 1. The lowest BCUT2D eigenvalue weighted by Gasteiger charge is -2.28. The van der Waals surface area contributed by atoms with Crippen molar-refractivity contribution in [3.63, 3.8) is 0 Å². The molecular formula is C4H7F2NO. The van der Waals surface area contributed by atoms with Crippen molar-refractivity contribution < 1.29 is 13.6 Å². The summed E-state index contributed by atoms with van der Waals surface area (Å²) >= 11 is 0. The van der Waals surface area contributed by atoms with Gasteiger partial charge in [0.05, 0.1) is 0 Å². The van der Waals surface area contributed by atoms with Crippen molar-refractivity contribution in [3.8, 4) is 0 Å². The van der Waals surface area contributed by atoms with E-state index in [-0.39, 0.29) is 0 Å². The van der Waals surface area contributed by atoms with Crippen LogP contribution in [0.25, 0.3) is 0 Å². The Morgan fingerprint density at radius 3 is 2.12 bits per heavy atom. The van der Waals surface area contributed by atoms with Crippen molar-refractivity contribution in [2.45, 2.75) is 13.0 Å². The molecule has 0 amide bonds. The van der Waals surface area contributed by atoms with Crippen LogP contribution in [0.1, 0.15) is 6.42 Å². The van der Waals surface area contributed by atoms with Crippen LogP contribution in [0.3, 0.4) is 0 Å². The molecule has 48 valence electrons. The molecule has 0 saturated carbocycles. The molecule has 0 aromatic carbocycles. The fraction of sp³-hybridized carbons (Fsp3) is 1.00. The summed E-state index contributed by atoms with van der Waals surface area (Å²) in [5.41, 5.74) is 0. The highest BCUT2D eigenvalue weighted by molar-refractivity contribution is 4.57. The summed E-state index contributed by atoms with van der Waals surface area (Å²) in [5.74, 6) is 0. The van der Waals surface area contributed by atoms with Gasteiger partial charge in [-0.25, -0.2) is 4.84 Å². The molecule has 1 saturated heterocycles. The molecule has 8 heavy (non-hydrogen) atoms. The first-order valence-corrected chi connectivity index (χ1v) is 2.49. The molecule has 1 aliphatic heterocycles. The van der Waals surface area contributed by atoms with Crippen LogP contribution in [0, 0.1) is 0 Å². The SMILES string of the molecule is FC(F)ON1CCC1. The van der Waals surface area contributed by atoms with Crippen LogP contribution in [-0.2, 0) is 4.84 Å². The molecule has 0 aliphatic carbocycles. The maximum atomic E-state index is 11.2. The number of rotatable bonds is 2. The number of alkyl halides is 2. The van der Waals surface area contributed by atoms with Crippen molar-refractivity contribution in [2.24, 2.45) is 0 Å². The lowest BCUT2D eigenvalue weighted by Crippen LogP contribution is -2.38. The Labute approximate surface area is 46.0 Å². The van der Waals surface area contributed by atoms with E-state index in [1.165, 1.54) is 5.06 Å². The second kappa shape index (κ2) is 2.37. The van der Waals surface area contributed by atoms with Gasteiger partial charge < -0.3 is 0 Å². The topological polar surface area (TPSA) is 12.5 Å². The largest absolute Gasteiger partial charge is 0.360 e. The fourth-order valence-corrected chi connectivity index (χ4v) is 0.505. The van der Waals surface area contributed by atoms with Crippen LogP contribution in [0.5, 0.6) is 0 Å². The molecular weight excluding hydrogens is 116 g/mol. The minimum Gasteiger partial charge on any atom is -0.232 e. The summed E-state index contributed by atoms with van der Waals surface area (Å²) in [6.07, 6.45) is 0.965. The van der Waals surface area contributed by atoms with E-state index in [1.807, 2.05) is 0 Å². The second-order valence-electron chi connectivity index (χ2n) is 1.65. The van der Waals surface area contributed by atoms with Gasteiger partial charge in [0.1, 0.15) is 0 Å². The van der Waals surface area contributed by atoms with Crippen molar-refractivity contribution in [1.82, 2.24) is 5.06 Å².